The zero-order valence-electron chi connectivity index (χ0n) is 18.2. The van der Waals surface area contributed by atoms with Gasteiger partial charge in [-0.1, -0.05) is 12.1 Å². The number of nitrogens with zero attached hydrogens (tertiary/aromatic N) is 3. The van der Waals surface area contributed by atoms with E-state index in [2.05, 4.69) is 14.7 Å². The molecule has 1 heterocycles. The highest BCUT2D eigenvalue weighted by molar-refractivity contribution is 7.92. The number of sulfonamides is 1. The summed E-state index contributed by atoms with van der Waals surface area (Å²) in [7, 11) is 0.717. The summed E-state index contributed by atoms with van der Waals surface area (Å²) < 4.78 is 60.0. The number of likely N-dealkylation sites (N-methyl/N-ethyl adjacent to an activating group) is 1. The standard InChI is InChI=1S/C22H22F2N4O4S/c1-28(2)9-8-21-25-12-15(13-26-21)14-4-6-16(7-5-14)33(30,31)27-20-11-18(23)17(10-19(20)24)22(29)32-3/h4-7,10-13,27H,8-9H2,1-3H3. The molecule has 8 nitrogen and oxygen atoms in total. The highest BCUT2D eigenvalue weighted by Crippen LogP contribution is 2.25. The predicted octanol–water partition coefficient (Wildman–Crippen LogP) is 3.11. The lowest BCUT2D eigenvalue weighted by Gasteiger charge is -2.11. The Balaban J connectivity index is 1.77. The molecule has 0 aliphatic carbocycles. The van der Waals surface area contributed by atoms with Crippen molar-refractivity contribution in [1.29, 1.82) is 0 Å². The summed E-state index contributed by atoms with van der Waals surface area (Å²) in [5, 5.41) is 0. The molecule has 0 fully saturated rings. The van der Waals surface area contributed by atoms with Crippen molar-refractivity contribution in [1.82, 2.24) is 14.9 Å². The number of hydrogen-bond donors (Lipinski definition) is 1. The van der Waals surface area contributed by atoms with Crippen LogP contribution in [0.2, 0.25) is 0 Å². The minimum Gasteiger partial charge on any atom is -0.465 e. The summed E-state index contributed by atoms with van der Waals surface area (Å²) in [6, 6.07) is 6.94. The maximum atomic E-state index is 14.3. The summed E-state index contributed by atoms with van der Waals surface area (Å²) in [6.45, 7) is 0.814. The van der Waals surface area contributed by atoms with Gasteiger partial charge in [-0.3, -0.25) is 4.72 Å². The van der Waals surface area contributed by atoms with Crippen LogP contribution in [0.1, 0.15) is 16.2 Å². The van der Waals surface area contributed by atoms with Crippen molar-refractivity contribution in [3.8, 4) is 11.1 Å². The maximum Gasteiger partial charge on any atom is 0.340 e. The van der Waals surface area contributed by atoms with Crippen molar-refractivity contribution in [2.45, 2.75) is 11.3 Å². The topological polar surface area (TPSA) is 101 Å². The number of esters is 1. The normalized spacial score (nSPS) is 11.5. The molecule has 11 heteroatoms. The van der Waals surface area contributed by atoms with E-state index in [0.29, 0.717) is 35.5 Å². The minimum atomic E-state index is -4.22. The van der Waals surface area contributed by atoms with Crippen LogP contribution < -0.4 is 4.72 Å². The Morgan fingerprint density at radius 2 is 1.67 bits per heavy atom. The number of rotatable bonds is 8. The summed E-state index contributed by atoms with van der Waals surface area (Å²) in [5.74, 6) is -2.62. The molecular weight excluding hydrogens is 454 g/mol. The predicted molar refractivity (Wildman–Crippen MR) is 118 cm³/mol. The number of methoxy groups -OCH3 is 1. The molecule has 1 N–H and O–H groups in total. The fourth-order valence-corrected chi connectivity index (χ4v) is 3.94. The van der Waals surface area contributed by atoms with Crippen LogP contribution in [0, 0.1) is 11.6 Å². The first-order valence-corrected chi connectivity index (χ1v) is 11.3. The lowest BCUT2D eigenvalue weighted by atomic mass is 10.1. The lowest BCUT2D eigenvalue weighted by molar-refractivity contribution is 0.0595. The quantitative estimate of drug-likeness (QED) is 0.499. The van der Waals surface area contributed by atoms with Crippen molar-refractivity contribution in [2.75, 3.05) is 32.5 Å². The van der Waals surface area contributed by atoms with Gasteiger partial charge in [0.15, 0.2) is 0 Å². The first kappa shape index (κ1) is 24.2. The van der Waals surface area contributed by atoms with Crippen LogP contribution in [0.25, 0.3) is 11.1 Å². The molecule has 0 saturated carbocycles. The van der Waals surface area contributed by atoms with Gasteiger partial charge in [-0.2, -0.15) is 0 Å². The molecule has 0 bridgehead atoms. The van der Waals surface area contributed by atoms with E-state index in [4.69, 9.17) is 0 Å². The Morgan fingerprint density at radius 3 is 2.24 bits per heavy atom. The van der Waals surface area contributed by atoms with Gasteiger partial charge in [0.05, 0.1) is 23.3 Å². The molecule has 1 aromatic heterocycles. The van der Waals surface area contributed by atoms with Gasteiger partial charge in [-0.05, 0) is 37.9 Å². The molecule has 0 radical (unpaired) electrons. The summed E-state index contributed by atoms with van der Waals surface area (Å²) >= 11 is 0. The van der Waals surface area contributed by atoms with Gasteiger partial charge in [-0.25, -0.2) is 32.0 Å². The SMILES string of the molecule is COC(=O)c1cc(F)c(NS(=O)(=O)c2ccc(-c3cnc(CCN(C)C)nc3)cc2)cc1F. The van der Waals surface area contributed by atoms with Crippen LogP contribution in [-0.2, 0) is 21.2 Å². The molecule has 0 atom stereocenters. The minimum absolute atomic E-state index is 0.161. The van der Waals surface area contributed by atoms with Crippen molar-refractivity contribution >= 4 is 21.7 Å². The highest BCUT2D eigenvalue weighted by Gasteiger charge is 2.21. The number of carbonyl (C=O) groups excluding carboxylic acids is 1. The van der Waals surface area contributed by atoms with Crippen molar-refractivity contribution in [2.24, 2.45) is 0 Å². The average Bonchev–Trinajstić information content (AvgIpc) is 2.79. The highest BCUT2D eigenvalue weighted by atomic mass is 32.2. The Labute approximate surface area is 190 Å². The third-order valence-electron chi connectivity index (χ3n) is 4.69. The average molecular weight is 477 g/mol. The molecule has 0 saturated heterocycles. The van der Waals surface area contributed by atoms with Crippen LogP contribution in [0.4, 0.5) is 14.5 Å². The fraction of sp³-hybridized carbons (Fsp3) is 0.227. The summed E-state index contributed by atoms with van der Waals surface area (Å²) in [5.41, 5.74) is 0.114. The first-order valence-electron chi connectivity index (χ1n) is 9.77. The number of halogens is 2. The Morgan fingerprint density at radius 1 is 1.03 bits per heavy atom. The molecular formula is C22H22F2N4O4S. The molecule has 174 valence electrons. The largest absolute Gasteiger partial charge is 0.465 e. The van der Waals surface area contributed by atoms with E-state index in [1.807, 2.05) is 23.7 Å². The Hall–Kier alpha value is -3.44. The second-order valence-electron chi connectivity index (χ2n) is 7.37. The third-order valence-corrected chi connectivity index (χ3v) is 6.07. The van der Waals surface area contributed by atoms with Crippen molar-refractivity contribution in [3.05, 3.63) is 71.8 Å². The molecule has 33 heavy (non-hydrogen) atoms. The van der Waals surface area contributed by atoms with E-state index >= 15 is 0 Å². The van der Waals surface area contributed by atoms with E-state index in [-0.39, 0.29) is 4.90 Å². The molecule has 0 amide bonds. The van der Waals surface area contributed by atoms with Gasteiger partial charge >= 0.3 is 5.97 Å². The van der Waals surface area contributed by atoms with E-state index in [1.54, 1.807) is 24.5 Å². The van der Waals surface area contributed by atoms with Gasteiger partial charge in [-0.15, -0.1) is 0 Å². The molecule has 3 aromatic rings. The van der Waals surface area contributed by atoms with Crippen molar-refractivity contribution in [3.63, 3.8) is 0 Å². The Kier molecular flexibility index (Phi) is 7.34. The number of anilines is 1. The number of hydrogen-bond acceptors (Lipinski definition) is 7. The molecule has 2 aromatic carbocycles. The Bertz CT molecular complexity index is 1250. The van der Waals surface area contributed by atoms with E-state index in [1.165, 1.54) is 12.1 Å². The molecule has 0 aliphatic heterocycles. The number of ether oxygens (including phenoxy) is 1. The molecule has 0 aliphatic rings. The van der Waals surface area contributed by atoms with Crippen LogP contribution >= 0.6 is 0 Å². The summed E-state index contributed by atoms with van der Waals surface area (Å²) in [6.07, 6.45) is 4.01. The number of carbonyl (C=O) groups is 1. The van der Waals surface area contributed by atoms with E-state index in [9.17, 15) is 22.0 Å². The van der Waals surface area contributed by atoms with Crippen LogP contribution in [-0.4, -0.2) is 57.0 Å². The van der Waals surface area contributed by atoms with Gasteiger partial charge in [0.1, 0.15) is 17.5 Å². The van der Waals surface area contributed by atoms with Crippen LogP contribution in [0.3, 0.4) is 0 Å². The second kappa shape index (κ2) is 10.0. The van der Waals surface area contributed by atoms with E-state index in [0.717, 1.165) is 13.7 Å². The van der Waals surface area contributed by atoms with Crippen LogP contribution in [0.5, 0.6) is 0 Å². The molecule has 3 rings (SSSR count). The number of nitrogens with one attached hydrogen (secondary N) is 1. The lowest BCUT2D eigenvalue weighted by Crippen LogP contribution is -2.16. The first-order chi connectivity index (χ1) is 15.6. The van der Waals surface area contributed by atoms with Crippen LogP contribution in [0.15, 0.2) is 53.7 Å². The molecule has 0 unspecified atom stereocenters. The third kappa shape index (κ3) is 5.88. The molecule has 0 spiro atoms. The van der Waals surface area contributed by atoms with Crippen molar-refractivity contribution < 1.29 is 26.7 Å². The number of benzene rings is 2. The zero-order chi connectivity index (χ0) is 24.2. The van der Waals surface area contributed by atoms with Gasteiger partial charge in [0.2, 0.25) is 0 Å². The van der Waals surface area contributed by atoms with Gasteiger partial charge < -0.3 is 9.64 Å². The summed E-state index contributed by atoms with van der Waals surface area (Å²) in [4.78, 5) is 22.0. The number of aromatic nitrogens is 2. The van der Waals surface area contributed by atoms with Gasteiger partial charge in [0, 0.05) is 37.0 Å². The maximum absolute atomic E-state index is 14.3. The van der Waals surface area contributed by atoms with E-state index < -0.39 is 38.9 Å². The van der Waals surface area contributed by atoms with Gasteiger partial charge in [0.25, 0.3) is 10.0 Å². The fourth-order valence-electron chi connectivity index (χ4n) is 2.88. The zero-order valence-corrected chi connectivity index (χ0v) is 19.0. The smallest absolute Gasteiger partial charge is 0.340 e. The monoisotopic (exact) mass is 476 g/mol. The second-order valence-corrected chi connectivity index (χ2v) is 9.06.